The average molecular weight is 410 g/mol. The molecule has 3 rings (SSSR count). The van der Waals surface area contributed by atoms with Crippen LogP contribution in [0.5, 0.6) is 5.75 Å². The molecule has 0 unspecified atom stereocenters. The van der Waals surface area contributed by atoms with E-state index in [4.69, 9.17) is 4.74 Å². The summed E-state index contributed by atoms with van der Waals surface area (Å²) in [6.07, 6.45) is 0. The zero-order valence-corrected chi connectivity index (χ0v) is 17.2. The van der Waals surface area contributed by atoms with Crippen molar-refractivity contribution in [1.29, 1.82) is 0 Å². The molecule has 7 heteroatoms. The first-order valence-electron chi connectivity index (χ1n) is 8.94. The number of methoxy groups -OCH3 is 1. The summed E-state index contributed by atoms with van der Waals surface area (Å²) in [5.41, 5.74) is 2.85. The van der Waals surface area contributed by atoms with Gasteiger partial charge < -0.3 is 10.1 Å². The van der Waals surface area contributed by atoms with Crippen LogP contribution >= 0.6 is 0 Å². The Balaban J connectivity index is 1.86. The van der Waals surface area contributed by atoms with Crippen LogP contribution in [0.25, 0.3) is 0 Å². The number of sulfonamides is 1. The maximum Gasteiger partial charge on any atom is 0.261 e. The second-order valence-electron chi connectivity index (χ2n) is 6.58. The Bertz CT molecular complexity index is 1140. The monoisotopic (exact) mass is 410 g/mol. The second kappa shape index (κ2) is 8.36. The van der Waals surface area contributed by atoms with Gasteiger partial charge in [-0.3, -0.25) is 9.52 Å². The number of hydrogen-bond acceptors (Lipinski definition) is 4. The normalized spacial score (nSPS) is 11.0. The van der Waals surface area contributed by atoms with Crippen molar-refractivity contribution in [3.05, 3.63) is 83.4 Å². The van der Waals surface area contributed by atoms with Crippen LogP contribution in [-0.4, -0.2) is 21.4 Å². The average Bonchev–Trinajstić information content (AvgIpc) is 2.70. The number of nitrogens with one attached hydrogen (secondary N) is 2. The molecule has 3 aromatic rings. The summed E-state index contributed by atoms with van der Waals surface area (Å²) < 4.78 is 33.3. The quantitative estimate of drug-likeness (QED) is 0.632. The van der Waals surface area contributed by atoms with E-state index in [0.717, 1.165) is 5.56 Å². The first-order chi connectivity index (χ1) is 13.8. The maximum atomic E-state index is 12.8. The van der Waals surface area contributed by atoms with Gasteiger partial charge in [0.25, 0.3) is 15.9 Å². The first-order valence-corrected chi connectivity index (χ1v) is 10.4. The number of para-hydroxylation sites is 1. The maximum absolute atomic E-state index is 12.8. The van der Waals surface area contributed by atoms with Gasteiger partial charge in [-0.05, 0) is 67.4 Å². The zero-order valence-electron chi connectivity index (χ0n) is 16.4. The molecule has 0 aliphatic carbocycles. The standard InChI is InChI=1S/C22H22N2O4S/c1-15-8-13-19(29(26,27)24-21-7-5-4-6-16(21)2)14-20(15)22(25)23-17-9-11-18(28-3)12-10-17/h4-14,24H,1-3H3,(H,23,25). The van der Waals surface area contributed by atoms with Crippen LogP contribution in [0.3, 0.4) is 0 Å². The molecule has 0 aliphatic rings. The van der Waals surface area contributed by atoms with Crippen LogP contribution < -0.4 is 14.8 Å². The lowest BCUT2D eigenvalue weighted by molar-refractivity contribution is 0.102. The van der Waals surface area contributed by atoms with Gasteiger partial charge in [-0.25, -0.2) is 8.42 Å². The van der Waals surface area contributed by atoms with Gasteiger partial charge in [-0.2, -0.15) is 0 Å². The van der Waals surface area contributed by atoms with Crippen molar-refractivity contribution in [1.82, 2.24) is 0 Å². The number of benzene rings is 3. The fourth-order valence-corrected chi connectivity index (χ4v) is 3.93. The van der Waals surface area contributed by atoms with E-state index < -0.39 is 10.0 Å². The molecule has 0 spiro atoms. The van der Waals surface area contributed by atoms with Crippen molar-refractivity contribution >= 4 is 27.3 Å². The summed E-state index contributed by atoms with van der Waals surface area (Å²) in [5.74, 6) is 0.287. The van der Waals surface area contributed by atoms with Crippen LogP contribution in [0.15, 0.2) is 71.6 Å². The Labute approximate surface area is 170 Å². The number of amides is 1. The van der Waals surface area contributed by atoms with E-state index in [1.54, 1.807) is 56.5 Å². The minimum Gasteiger partial charge on any atom is -0.497 e. The molecule has 0 atom stereocenters. The number of ether oxygens (including phenoxy) is 1. The molecule has 6 nitrogen and oxygen atoms in total. The summed E-state index contributed by atoms with van der Waals surface area (Å²) in [6, 6.07) is 18.5. The molecule has 0 fully saturated rings. The van der Waals surface area contributed by atoms with Gasteiger partial charge in [0.1, 0.15) is 5.75 Å². The van der Waals surface area contributed by atoms with E-state index in [-0.39, 0.29) is 16.4 Å². The van der Waals surface area contributed by atoms with Crippen LogP contribution in [0, 0.1) is 13.8 Å². The minimum atomic E-state index is -3.84. The van der Waals surface area contributed by atoms with E-state index in [9.17, 15) is 13.2 Å². The Kier molecular flexibility index (Phi) is 5.89. The molecule has 0 heterocycles. The number of hydrogen-bond donors (Lipinski definition) is 2. The van der Waals surface area contributed by atoms with E-state index >= 15 is 0 Å². The summed E-state index contributed by atoms with van der Waals surface area (Å²) >= 11 is 0. The predicted molar refractivity (Wildman–Crippen MR) is 114 cm³/mol. The van der Waals surface area contributed by atoms with Crippen molar-refractivity contribution in [2.45, 2.75) is 18.7 Å². The van der Waals surface area contributed by atoms with E-state index in [1.807, 2.05) is 19.1 Å². The van der Waals surface area contributed by atoms with Gasteiger partial charge in [-0.1, -0.05) is 24.3 Å². The molecule has 0 aliphatic heterocycles. The zero-order chi connectivity index (χ0) is 21.0. The molecule has 150 valence electrons. The molecule has 0 radical (unpaired) electrons. The highest BCUT2D eigenvalue weighted by molar-refractivity contribution is 7.92. The molecule has 29 heavy (non-hydrogen) atoms. The molecule has 2 N–H and O–H groups in total. The summed E-state index contributed by atoms with van der Waals surface area (Å²) in [6.45, 7) is 3.58. The molecule has 0 saturated carbocycles. The molecule has 3 aromatic carbocycles. The highest BCUT2D eigenvalue weighted by atomic mass is 32.2. The van der Waals surface area contributed by atoms with Gasteiger partial charge in [0, 0.05) is 11.3 Å². The first kappa shape index (κ1) is 20.4. The Morgan fingerprint density at radius 1 is 0.897 bits per heavy atom. The van der Waals surface area contributed by atoms with Crippen LogP contribution in [0.4, 0.5) is 11.4 Å². The number of carbonyl (C=O) groups excluding carboxylic acids is 1. The highest BCUT2D eigenvalue weighted by Crippen LogP contribution is 2.22. The lowest BCUT2D eigenvalue weighted by Gasteiger charge is -2.13. The second-order valence-corrected chi connectivity index (χ2v) is 8.26. The van der Waals surface area contributed by atoms with Gasteiger partial charge in [0.05, 0.1) is 17.7 Å². The molecule has 0 bridgehead atoms. The number of carbonyl (C=O) groups is 1. The fraction of sp³-hybridized carbons (Fsp3) is 0.136. The minimum absolute atomic E-state index is 0.0197. The number of aryl methyl sites for hydroxylation is 2. The van der Waals surface area contributed by atoms with E-state index in [2.05, 4.69) is 10.0 Å². The Hall–Kier alpha value is -3.32. The summed E-state index contributed by atoms with van der Waals surface area (Å²) in [4.78, 5) is 12.7. The van der Waals surface area contributed by atoms with Gasteiger partial charge in [0.2, 0.25) is 0 Å². The third-order valence-electron chi connectivity index (χ3n) is 4.50. The van der Waals surface area contributed by atoms with E-state index in [1.165, 1.54) is 12.1 Å². The lowest BCUT2D eigenvalue weighted by atomic mass is 10.1. The van der Waals surface area contributed by atoms with Crippen molar-refractivity contribution in [3.63, 3.8) is 0 Å². The molecular weight excluding hydrogens is 388 g/mol. The predicted octanol–water partition coefficient (Wildman–Crippen LogP) is 4.37. The molecule has 0 saturated heterocycles. The van der Waals surface area contributed by atoms with Gasteiger partial charge in [-0.15, -0.1) is 0 Å². The smallest absolute Gasteiger partial charge is 0.261 e. The van der Waals surface area contributed by atoms with Gasteiger partial charge in [0.15, 0.2) is 0 Å². The fourth-order valence-electron chi connectivity index (χ4n) is 2.78. The number of anilines is 2. The Morgan fingerprint density at radius 2 is 1.59 bits per heavy atom. The third-order valence-corrected chi connectivity index (χ3v) is 5.86. The van der Waals surface area contributed by atoms with E-state index in [0.29, 0.717) is 22.7 Å². The molecular formula is C22H22N2O4S. The van der Waals surface area contributed by atoms with Crippen molar-refractivity contribution in [2.24, 2.45) is 0 Å². The van der Waals surface area contributed by atoms with Crippen molar-refractivity contribution in [3.8, 4) is 5.75 Å². The van der Waals surface area contributed by atoms with Gasteiger partial charge >= 0.3 is 0 Å². The summed E-state index contributed by atoms with van der Waals surface area (Å²) in [5, 5.41) is 2.78. The third kappa shape index (κ3) is 4.75. The number of rotatable bonds is 6. The van der Waals surface area contributed by atoms with Crippen molar-refractivity contribution in [2.75, 3.05) is 17.1 Å². The summed E-state index contributed by atoms with van der Waals surface area (Å²) in [7, 11) is -2.27. The lowest BCUT2D eigenvalue weighted by Crippen LogP contribution is -2.17. The van der Waals surface area contributed by atoms with Crippen LogP contribution in [0.2, 0.25) is 0 Å². The Morgan fingerprint density at radius 3 is 2.24 bits per heavy atom. The topological polar surface area (TPSA) is 84.5 Å². The molecule has 0 aromatic heterocycles. The van der Waals surface area contributed by atoms with Crippen LogP contribution in [-0.2, 0) is 10.0 Å². The van der Waals surface area contributed by atoms with Crippen molar-refractivity contribution < 1.29 is 17.9 Å². The largest absolute Gasteiger partial charge is 0.497 e. The van der Waals surface area contributed by atoms with Crippen LogP contribution in [0.1, 0.15) is 21.5 Å². The molecule has 1 amide bonds. The SMILES string of the molecule is COc1ccc(NC(=O)c2cc(S(=O)(=O)Nc3ccccc3C)ccc2C)cc1. The highest BCUT2D eigenvalue weighted by Gasteiger charge is 2.19.